The average Bonchev–Trinajstić information content (AvgIpc) is 3.37. The fraction of sp³-hybridized carbons (Fsp3) is 0.200. The van der Waals surface area contributed by atoms with E-state index < -0.39 is 21.7 Å². The lowest BCUT2D eigenvalue weighted by atomic mass is 10.0. The van der Waals surface area contributed by atoms with E-state index in [1.54, 1.807) is 41.9 Å². The minimum atomic E-state index is -3.16. The van der Waals surface area contributed by atoms with E-state index in [2.05, 4.69) is 10.4 Å². The predicted octanol–water partition coefficient (Wildman–Crippen LogP) is 3.12. The number of aromatic nitrogens is 3. The molecule has 1 atom stereocenters. The highest BCUT2D eigenvalue weighted by Crippen LogP contribution is 2.32. The molecule has 2 aromatic carbocycles. The molecule has 0 radical (unpaired) electrons. The molecule has 0 bridgehead atoms. The Labute approximate surface area is 201 Å². The Balaban J connectivity index is 1.68. The molecular weight excluding hydrogens is 466 g/mol. The van der Waals surface area contributed by atoms with Gasteiger partial charge >= 0.3 is 0 Å². The molecule has 1 unspecified atom stereocenters. The van der Waals surface area contributed by atoms with Crippen LogP contribution in [0.4, 0.5) is 5.69 Å². The van der Waals surface area contributed by atoms with Gasteiger partial charge in [-0.15, -0.1) is 0 Å². The number of aryl methyl sites for hydroxylation is 1. The average molecular weight is 490 g/mol. The summed E-state index contributed by atoms with van der Waals surface area (Å²) in [6.07, 6.45) is 0.434. The van der Waals surface area contributed by atoms with E-state index >= 15 is 0 Å². The summed E-state index contributed by atoms with van der Waals surface area (Å²) in [5, 5.41) is 7.93. The second kappa shape index (κ2) is 8.62. The van der Waals surface area contributed by atoms with Crippen LogP contribution in [0.5, 0.6) is 0 Å². The van der Waals surface area contributed by atoms with Gasteiger partial charge in [0.2, 0.25) is 0 Å². The van der Waals surface area contributed by atoms with Crippen LogP contribution in [-0.4, -0.2) is 46.5 Å². The molecular formula is C25H23N5O4S. The van der Waals surface area contributed by atoms with Crippen molar-refractivity contribution in [3.05, 3.63) is 77.5 Å². The minimum absolute atomic E-state index is 0.0199. The number of hydrogen-bond donors (Lipinski definition) is 2. The first-order valence-electron chi connectivity index (χ1n) is 11.1. The van der Waals surface area contributed by atoms with Gasteiger partial charge in [0.25, 0.3) is 11.8 Å². The number of rotatable bonds is 5. The first kappa shape index (κ1) is 22.7. The summed E-state index contributed by atoms with van der Waals surface area (Å²) in [6.45, 7) is 1.76. The number of nitrogens with one attached hydrogen (secondary N) is 1. The third kappa shape index (κ3) is 4.28. The second-order valence-corrected chi connectivity index (χ2v) is 10.8. The molecule has 0 saturated carbocycles. The fourth-order valence-electron chi connectivity index (χ4n) is 4.47. The molecule has 1 saturated heterocycles. The molecule has 2 aromatic heterocycles. The smallest absolute Gasteiger partial charge is 0.256 e. The number of primary amides is 1. The zero-order valence-electron chi connectivity index (χ0n) is 18.9. The molecule has 35 heavy (non-hydrogen) atoms. The number of pyridine rings is 1. The number of carbonyl (C=O) groups is 2. The lowest BCUT2D eigenvalue weighted by Crippen LogP contribution is -2.19. The van der Waals surface area contributed by atoms with Crippen molar-refractivity contribution in [1.29, 1.82) is 0 Å². The van der Waals surface area contributed by atoms with Crippen LogP contribution in [0.3, 0.4) is 0 Å². The van der Waals surface area contributed by atoms with E-state index in [0.29, 0.717) is 40.1 Å². The Hall–Kier alpha value is -4.05. The first-order chi connectivity index (χ1) is 16.7. The van der Waals surface area contributed by atoms with Crippen molar-refractivity contribution in [2.24, 2.45) is 5.73 Å². The predicted molar refractivity (Wildman–Crippen MR) is 133 cm³/mol. The summed E-state index contributed by atoms with van der Waals surface area (Å²) in [4.78, 5) is 30.2. The normalized spacial score (nSPS) is 16.9. The molecule has 0 spiro atoms. The van der Waals surface area contributed by atoms with Crippen molar-refractivity contribution < 1.29 is 18.0 Å². The maximum Gasteiger partial charge on any atom is 0.256 e. The molecule has 178 valence electrons. The molecule has 10 heteroatoms. The van der Waals surface area contributed by atoms with Crippen LogP contribution in [0.15, 0.2) is 60.7 Å². The van der Waals surface area contributed by atoms with Crippen molar-refractivity contribution in [2.75, 3.05) is 16.8 Å². The number of hydrogen-bond acceptors (Lipinski definition) is 6. The van der Waals surface area contributed by atoms with Gasteiger partial charge in [0.1, 0.15) is 0 Å². The van der Waals surface area contributed by atoms with Gasteiger partial charge in [-0.2, -0.15) is 5.10 Å². The highest BCUT2D eigenvalue weighted by Gasteiger charge is 2.32. The largest absolute Gasteiger partial charge is 0.366 e. The Kier molecular flexibility index (Phi) is 5.60. The maximum atomic E-state index is 13.5. The van der Waals surface area contributed by atoms with E-state index in [4.69, 9.17) is 10.7 Å². The van der Waals surface area contributed by atoms with Crippen LogP contribution in [-0.2, 0) is 9.84 Å². The number of nitrogens with zero attached hydrogens (tertiary/aromatic N) is 3. The number of fused-ring (bicyclic) bond motifs is 1. The van der Waals surface area contributed by atoms with Crippen molar-refractivity contribution in [1.82, 2.24) is 14.8 Å². The molecule has 4 aromatic rings. The van der Waals surface area contributed by atoms with Crippen LogP contribution >= 0.6 is 0 Å². The van der Waals surface area contributed by atoms with Gasteiger partial charge in [-0.05, 0) is 31.5 Å². The second-order valence-electron chi connectivity index (χ2n) is 8.57. The van der Waals surface area contributed by atoms with Crippen LogP contribution in [0.2, 0.25) is 0 Å². The summed E-state index contributed by atoms with van der Waals surface area (Å²) in [7, 11) is -3.16. The third-order valence-corrected chi connectivity index (χ3v) is 7.90. The fourth-order valence-corrected chi connectivity index (χ4v) is 6.16. The van der Waals surface area contributed by atoms with E-state index in [1.165, 1.54) is 0 Å². The Morgan fingerprint density at radius 1 is 1.06 bits per heavy atom. The van der Waals surface area contributed by atoms with E-state index in [-0.39, 0.29) is 23.1 Å². The zero-order valence-corrected chi connectivity index (χ0v) is 19.7. The van der Waals surface area contributed by atoms with Crippen LogP contribution in [0, 0.1) is 6.92 Å². The highest BCUT2D eigenvalue weighted by atomic mass is 32.2. The minimum Gasteiger partial charge on any atom is -0.366 e. The van der Waals surface area contributed by atoms with E-state index in [1.807, 2.05) is 30.3 Å². The quantitative estimate of drug-likeness (QED) is 0.442. The summed E-state index contributed by atoms with van der Waals surface area (Å²) in [5.74, 6) is -1.04. The lowest BCUT2D eigenvalue weighted by molar-refractivity contribution is 0.100. The summed E-state index contributed by atoms with van der Waals surface area (Å²) in [6, 6.07) is 17.2. The topological polar surface area (TPSA) is 137 Å². The van der Waals surface area contributed by atoms with Gasteiger partial charge in [-0.1, -0.05) is 42.5 Å². The van der Waals surface area contributed by atoms with Crippen molar-refractivity contribution in [2.45, 2.75) is 19.4 Å². The van der Waals surface area contributed by atoms with Gasteiger partial charge in [0, 0.05) is 5.56 Å². The molecule has 0 aliphatic carbocycles. The van der Waals surface area contributed by atoms with E-state index in [0.717, 1.165) is 5.56 Å². The number of sulfone groups is 1. The van der Waals surface area contributed by atoms with Gasteiger partial charge in [-0.25, -0.2) is 18.1 Å². The lowest BCUT2D eigenvalue weighted by Gasteiger charge is -2.13. The Bertz CT molecular complexity index is 1580. The van der Waals surface area contributed by atoms with Gasteiger partial charge in [0.05, 0.1) is 51.1 Å². The van der Waals surface area contributed by atoms with Crippen LogP contribution in [0.1, 0.15) is 38.9 Å². The third-order valence-electron chi connectivity index (χ3n) is 6.15. The number of carbonyl (C=O) groups excluding carboxylic acids is 2. The van der Waals surface area contributed by atoms with Crippen molar-refractivity contribution in [3.63, 3.8) is 0 Å². The number of para-hydroxylation sites is 1. The maximum absolute atomic E-state index is 13.5. The highest BCUT2D eigenvalue weighted by molar-refractivity contribution is 7.91. The molecule has 2 amide bonds. The summed E-state index contributed by atoms with van der Waals surface area (Å²) >= 11 is 0. The number of amides is 2. The molecule has 1 aliphatic rings. The van der Waals surface area contributed by atoms with Gasteiger partial charge in [0.15, 0.2) is 15.5 Å². The summed E-state index contributed by atoms with van der Waals surface area (Å²) in [5.41, 5.74) is 8.63. The first-order valence-corrected chi connectivity index (χ1v) is 12.9. The van der Waals surface area contributed by atoms with Crippen molar-refractivity contribution in [3.8, 4) is 11.3 Å². The number of benzene rings is 2. The summed E-state index contributed by atoms with van der Waals surface area (Å²) < 4.78 is 25.9. The number of anilines is 1. The number of nitrogens with two attached hydrogens (primary N) is 1. The van der Waals surface area contributed by atoms with Crippen LogP contribution in [0.25, 0.3) is 22.3 Å². The Morgan fingerprint density at radius 2 is 1.77 bits per heavy atom. The molecule has 9 nitrogen and oxygen atoms in total. The van der Waals surface area contributed by atoms with E-state index in [9.17, 15) is 18.0 Å². The molecule has 1 fully saturated rings. The van der Waals surface area contributed by atoms with Crippen LogP contribution < -0.4 is 11.1 Å². The molecule has 5 rings (SSSR count). The molecule has 3 N–H and O–H groups in total. The van der Waals surface area contributed by atoms with Gasteiger partial charge in [-0.3, -0.25) is 9.59 Å². The standard InChI is InChI=1S/C25H23N5O4S/c1-15-22-19(25(32)28-20-10-6-5-9-18(20)23(26)31)13-21(16-7-3-2-4-8-16)27-24(22)30(29-15)17-11-12-35(33,34)14-17/h2-10,13,17H,11-12,14H2,1H3,(H2,26,31)(H,28,32). The Morgan fingerprint density at radius 3 is 2.46 bits per heavy atom. The van der Waals surface area contributed by atoms with Crippen molar-refractivity contribution >= 4 is 38.4 Å². The monoisotopic (exact) mass is 489 g/mol. The molecule has 1 aliphatic heterocycles. The zero-order chi connectivity index (χ0) is 24.7. The SMILES string of the molecule is Cc1nn(C2CCS(=O)(=O)C2)c2nc(-c3ccccc3)cc(C(=O)Nc3ccccc3C(N)=O)c12. The van der Waals surface area contributed by atoms with Gasteiger partial charge < -0.3 is 11.1 Å². The molecule has 3 heterocycles.